The summed E-state index contributed by atoms with van der Waals surface area (Å²) in [5.74, 6) is -0.324. The average molecular weight is 407 g/mol. The van der Waals surface area contributed by atoms with Gasteiger partial charge in [-0.25, -0.2) is 4.79 Å². The number of amides is 2. The number of hydrogen-bond acceptors (Lipinski definition) is 7. The molecule has 9 heteroatoms. The second-order valence-corrected chi connectivity index (χ2v) is 7.51. The predicted molar refractivity (Wildman–Crippen MR) is 108 cm³/mol. The summed E-state index contributed by atoms with van der Waals surface area (Å²) in [4.78, 5) is 35.7. The highest BCUT2D eigenvalue weighted by Gasteiger charge is 2.28. The van der Waals surface area contributed by atoms with Gasteiger partial charge < -0.3 is 15.0 Å². The molecule has 4 rings (SSSR count). The van der Waals surface area contributed by atoms with Crippen LogP contribution < -0.4 is 5.32 Å². The van der Waals surface area contributed by atoms with Crippen LogP contribution in [0.15, 0.2) is 30.6 Å². The molecule has 1 aromatic carbocycles. The Hall–Kier alpha value is -3.51. The van der Waals surface area contributed by atoms with Crippen molar-refractivity contribution in [2.75, 3.05) is 18.5 Å². The zero-order valence-electron chi connectivity index (χ0n) is 15.6. The number of anilines is 1. The van der Waals surface area contributed by atoms with Crippen molar-refractivity contribution >= 4 is 39.4 Å². The Morgan fingerprint density at radius 2 is 2.10 bits per heavy atom. The fourth-order valence-electron chi connectivity index (χ4n) is 3.26. The maximum atomic E-state index is 12.7. The molecule has 0 saturated carbocycles. The largest absolute Gasteiger partial charge is 0.450 e. The molecule has 0 unspecified atom stereocenters. The molecule has 0 bridgehead atoms. The number of fused-ring (bicyclic) bond motifs is 2. The van der Waals surface area contributed by atoms with Crippen LogP contribution in [0.25, 0.3) is 11.0 Å². The number of nitriles is 1. The van der Waals surface area contributed by atoms with Gasteiger partial charge in [0.2, 0.25) is 0 Å². The van der Waals surface area contributed by atoms with E-state index in [1.807, 2.05) is 0 Å². The van der Waals surface area contributed by atoms with Gasteiger partial charge in [-0.2, -0.15) is 5.26 Å². The highest BCUT2D eigenvalue weighted by atomic mass is 32.1. The molecule has 2 amide bonds. The molecule has 0 spiro atoms. The highest BCUT2D eigenvalue weighted by Crippen LogP contribution is 2.37. The van der Waals surface area contributed by atoms with Crippen LogP contribution in [-0.4, -0.2) is 40.0 Å². The fraction of sp³-hybridized carbons (Fsp3) is 0.250. The van der Waals surface area contributed by atoms with E-state index in [4.69, 9.17) is 4.74 Å². The van der Waals surface area contributed by atoms with E-state index in [9.17, 15) is 14.9 Å². The summed E-state index contributed by atoms with van der Waals surface area (Å²) in [7, 11) is 0. The van der Waals surface area contributed by atoms with Crippen LogP contribution >= 0.6 is 11.3 Å². The van der Waals surface area contributed by atoms with Crippen molar-refractivity contribution in [1.29, 1.82) is 5.26 Å². The summed E-state index contributed by atoms with van der Waals surface area (Å²) in [5.41, 5.74) is 3.10. The fourth-order valence-corrected chi connectivity index (χ4v) is 4.47. The molecule has 0 radical (unpaired) electrons. The lowest BCUT2D eigenvalue weighted by molar-refractivity contribution is 0.102. The monoisotopic (exact) mass is 407 g/mol. The summed E-state index contributed by atoms with van der Waals surface area (Å²) in [5, 5.41) is 13.0. The molecular formula is C20H17N5O3S. The van der Waals surface area contributed by atoms with Gasteiger partial charge in [0, 0.05) is 29.4 Å². The van der Waals surface area contributed by atoms with Crippen molar-refractivity contribution in [1.82, 2.24) is 14.9 Å². The first-order valence-corrected chi connectivity index (χ1v) is 9.90. The number of benzene rings is 1. The van der Waals surface area contributed by atoms with Gasteiger partial charge >= 0.3 is 6.09 Å². The van der Waals surface area contributed by atoms with Crippen LogP contribution in [0.4, 0.5) is 9.80 Å². The second-order valence-electron chi connectivity index (χ2n) is 6.40. The predicted octanol–water partition coefficient (Wildman–Crippen LogP) is 3.33. The van der Waals surface area contributed by atoms with E-state index in [1.165, 1.54) is 11.3 Å². The van der Waals surface area contributed by atoms with Crippen molar-refractivity contribution in [3.8, 4) is 6.07 Å². The first kappa shape index (κ1) is 18.8. The third kappa shape index (κ3) is 3.62. The standard InChI is InChI=1S/C20H17N5O3S/c1-2-28-20(27)25-8-5-13-14(10-21)19(29-17(13)11-25)24-18(26)12-3-4-15-16(9-12)23-7-6-22-15/h3-4,6-7,9H,2,5,8,11H2,1H3,(H,24,26). The summed E-state index contributed by atoms with van der Waals surface area (Å²) in [6.45, 7) is 2.93. The Balaban J connectivity index is 1.58. The summed E-state index contributed by atoms with van der Waals surface area (Å²) in [6, 6.07) is 7.27. The SMILES string of the molecule is CCOC(=O)N1CCc2c(sc(NC(=O)c3ccc4nccnc4c3)c2C#N)C1. The van der Waals surface area contributed by atoms with E-state index in [0.29, 0.717) is 53.3 Å². The zero-order chi connectivity index (χ0) is 20.4. The second kappa shape index (κ2) is 7.85. The van der Waals surface area contributed by atoms with Gasteiger partial charge in [-0.3, -0.25) is 14.8 Å². The lowest BCUT2D eigenvalue weighted by Crippen LogP contribution is -2.35. The van der Waals surface area contributed by atoms with Gasteiger partial charge in [0.1, 0.15) is 11.1 Å². The minimum Gasteiger partial charge on any atom is -0.450 e. The first-order valence-electron chi connectivity index (χ1n) is 9.09. The van der Waals surface area contributed by atoms with Crippen LogP contribution in [0.3, 0.4) is 0 Å². The number of thiophene rings is 1. The van der Waals surface area contributed by atoms with Crippen molar-refractivity contribution in [2.24, 2.45) is 0 Å². The van der Waals surface area contributed by atoms with Crippen LogP contribution in [0.2, 0.25) is 0 Å². The minimum absolute atomic E-state index is 0.313. The van der Waals surface area contributed by atoms with Gasteiger partial charge in [-0.15, -0.1) is 11.3 Å². The van der Waals surface area contributed by atoms with Gasteiger partial charge in [0.25, 0.3) is 5.91 Å². The zero-order valence-corrected chi connectivity index (χ0v) is 16.5. The summed E-state index contributed by atoms with van der Waals surface area (Å²) >= 11 is 1.32. The normalized spacial score (nSPS) is 12.9. The lowest BCUT2D eigenvalue weighted by Gasteiger charge is -2.25. The minimum atomic E-state index is -0.368. The van der Waals surface area contributed by atoms with Crippen LogP contribution in [0.5, 0.6) is 0 Å². The number of carbonyl (C=O) groups is 2. The number of ether oxygens (including phenoxy) is 1. The molecule has 2 aromatic heterocycles. The Bertz CT molecular complexity index is 1150. The van der Waals surface area contributed by atoms with E-state index in [-0.39, 0.29) is 12.0 Å². The molecule has 29 heavy (non-hydrogen) atoms. The van der Waals surface area contributed by atoms with Gasteiger partial charge in [0.05, 0.1) is 29.7 Å². The Labute approximate surface area is 170 Å². The number of nitrogens with one attached hydrogen (secondary N) is 1. The molecule has 1 aliphatic heterocycles. The molecule has 0 saturated heterocycles. The van der Waals surface area contributed by atoms with E-state index < -0.39 is 0 Å². The topological polar surface area (TPSA) is 108 Å². The van der Waals surface area contributed by atoms with Crippen LogP contribution in [0, 0.1) is 11.3 Å². The van der Waals surface area contributed by atoms with Gasteiger partial charge in [0.15, 0.2) is 0 Å². The average Bonchev–Trinajstić information content (AvgIpc) is 3.09. The van der Waals surface area contributed by atoms with Crippen molar-refractivity contribution < 1.29 is 14.3 Å². The Morgan fingerprint density at radius 3 is 2.86 bits per heavy atom. The smallest absolute Gasteiger partial charge is 0.410 e. The first-order chi connectivity index (χ1) is 14.1. The Morgan fingerprint density at radius 1 is 1.31 bits per heavy atom. The molecule has 1 N–H and O–H groups in total. The number of rotatable bonds is 3. The Kier molecular flexibility index (Phi) is 5.10. The van der Waals surface area contributed by atoms with Crippen LogP contribution in [-0.2, 0) is 17.7 Å². The maximum Gasteiger partial charge on any atom is 0.410 e. The van der Waals surface area contributed by atoms with E-state index >= 15 is 0 Å². The number of carbonyl (C=O) groups excluding carboxylic acids is 2. The molecule has 3 heterocycles. The molecule has 1 aliphatic rings. The van der Waals surface area contributed by atoms with E-state index in [2.05, 4.69) is 21.4 Å². The van der Waals surface area contributed by atoms with Crippen molar-refractivity contribution in [2.45, 2.75) is 19.9 Å². The summed E-state index contributed by atoms with van der Waals surface area (Å²) in [6.07, 6.45) is 3.35. The van der Waals surface area contributed by atoms with E-state index in [0.717, 1.165) is 10.4 Å². The number of nitrogens with zero attached hydrogens (tertiary/aromatic N) is 4. The number of hydrogen-bond donors (Lipinski definition) is 1. The third-order valence-electron chi connectivity index (χ3n) is 4.65. The molecular weight excluding hydrogens is 390 g/mol. The van der Waals surface area contributed by atoms with Gasteiger partial charge in [-0.05, 0) is 37.1 Å². The molecule has 0 atom stereocenters. The molecule has 0 fully saturated rings. The van der Waals surface area contributed by atoms with E-state index in [1.54, 1.807) is 42.4 Å². The van der Waals surface area contributed by atoms with Crippen molar-refractivity contribution in [3.63, 3.8) is 0 Å². The molecule has 3 aromatic rings. The van der Waals surface area contributed by atoms with Crippen LogP contribution in [0.1, 0.15) is 33.3 Å². The highest BCUT2D eigenvalue weighted by molar-refractivity contribution is 7.16. The maximum absolute atomic E-state index is 12.7. The quantitative estimate of drug-likeness (QED) is 0.713. The third-order valence-corrected chi connectivity index (χ3v) is 5.79. The summed E-state index contributed by atoms with van der Waals surface area (Å²) < 4.78 is 5.06. The molecule has 8 nitrogen and oxygen atoms in total. The number of aromatic nitrogens is 2. The molecule has 0 aliphatic carbocycles. The van der Waals surface area contributed by atoms with Gasteiger partial charge in [-0.1, -0.05) is 0 Å². The van der Waals surface area contributed by atoms with Crippen molar-refractivity contribution in [3.05, 3.63) is 52.2 Å². The lowest BCUT2D eigenvalue weighted by atomic mass is 10.0. The molecule has 146 valence electrons.